The van der Waals surface area contributed by atoms with Crippen molar-refractivity contribution in [3.05, 3.63) is 29.8 Å². The number of esters is 1. The lowest BCUT2D eigenvalue weighted by Gasteiger charge is -2.11. The van der Waals surface area contributed by atoms with Gasteiger partial charge in [-0.1, -0.05) is 26.0 Å². The van der Waals surface area contributed by atoms with Gasteiger partial charge in [0.15, 0.2) is 0 Å². The van der Waals surface area contributed by atoms with Crippen LogP contribution in [0.5, 0.6) is 0 Å². The van der Waals surface area contributed by atoms with Gasteiger partial charge >= 0.3 is 5.97 Å². The highest BCUT2D eigenvalue weighted by molar-refractivity contribution is 8.00. The van der Waals surface area contributed by atoms with Crippen molar-refractivity contribution in [1.29, 1.82) is 0 Å². The fourth-order valence-corrected chi connectivity index (χ4v) is 2.31. The van der Waals surface area contributed by atoms with Crippen molar-refractivity contribution in [3.63, 3.8) is 0 Å². The number of thioether (sulfide) groups is 1. The largest absolute Gasteiger partial charge is 0.465 e. The Balaban J connectivity index is 2.60. The summed E-state index contributed by atoms with van der Waals surface area (Å²) >= 11 is 1.54. The predicted octanol–water partition coefficient (Wildman–Crippen LogP) is 3.85. The number of carbonyl (C=O) groups excluding carboxylic acids is 1. The van der Waals surface area contributed by atoms with Crippen LogP contribution < -0.4 is 0 Å². The zero-order valence-electron chi connectivity index (χ0n) is 10.9. The molecule has 0 aliphatic rings. The van der Waals surface area contributed by atoms with E-state index < -0.39 is 0 Å². The quantitative estimate of drug-likeness (QED) is 0.588. The first-order chi connectivity index (χ1) is 8.04. The zero-order chi connectivity index (χ0) is 12.8. The van der Waals surface area contributed by atoms with Gasteiger partial charge in [0.1, 0.15) is 5.25 Å². The number of hydrogen-bond acceptors (Lipinski definition) is 3. The van der Waals surface area contributed by atoms with Gasteiger partial charge < -0.3 is 4.74 Å². The third-order valence-corrected chi connectivity index (χ3v) is 3.57. The Hall–Kier alpha value is -0.960. The summed E-state index contributed by atoms with van der Waals surface area (Å²) in [4.78, 5) is 12.6. The maximum absolute atomic E-state index is 11.5. The van der Waals surface area contributed by atoms with E-state index in [0.717, 1.165) is 4.90 Å². The molecule has 0 fully saturated rings. The Labute approximate surface area is 108 Å². The Bertz CT molecular complexity index is 357. The molecule has 0 aromatic heterocycles. The molecule has 0 aliphatic heterocycles. The van der Waals surface area contributed by atoms with E-state index in [4.69, 9.17) is 4.74 Å². The van der Waals surface area contributed by atoms with E-state index in [2.05, 4.69) is 38.1 Å². The van der Waals surface area contributed by atoms with E-state index >= 15 is 0 Å². The van der Waals surface area contributed by atoms with Gasteiger partial charge in [-0.05, 0) is 37.5 Å². The predicted molar refractivity (Wildman–Crippen MR) is 72.5 cm³/mol. The van der Waals surface area contributed by atoms with Crippen molar-refractivity contribution in [1.82, 2.24) is 0 Å². The van der Waals surface area contributed by atoms with Gasteiger partial charge in [0.2, 0.25) is 0 Å². The normalized spacial score (nSPS) is 12.5. The van der Waals surface area contributed by atoms with Crippen LogP contribution in [0.2, 0.25) is 0 Å². The van der Waals surface area contributed by atoms with Crippen molar-refractivity contribution in [3.8, 4) is 0 Å². The van der Waals surface area contributed by atoms with Crippen LogP contribution in [0.25, 0.3) is 0 Å². The van der Waals surface area contributed by atoms with Crippen LogP contribution in [-0.2, 0) is 9.53 Å². The van der Waals surface area contributed by atoms with Crippen LogP contribution in [0, 0.1) is 0 Å². The molecular weight excluding hydrogens is 232 g/mol. The van der Waals surface area contributed by atoms with Gasteiger partial charge in [-0.15, -0.1) is 11.8 Å². The van der Waals surface area contributed by atoms with Crippen LogP contribution in [0.15, 0.2) is 29.2 Å². The maximum Gasteiger partial charge on any atom is 0.319 e. The molecule has 3 heteroatoms. The monoisotopic (exact) mass is 252 g/mol. The lowest BCUT2D eigenvalue weighted by Crippen LogP contribution is -2.16. The number of carbonyl (C=O) groups is 1. The van der Waals surface area contributed by atoms with Crippen molar-refractivity contribution in [2.45, 2.75) is 43.8 Å². The van der Waals surface area contributed by atoms with Gasteiger partial charge in [-0.2, -0.15) is 0 Å². The highest BCUT2D eigenvalue weighted by atomic mass is 32.2. The van der Waals surface area contributed by atoms with Gasteiger partial charge in [0, 0.05) is 4.90 Å². The van der Waals surface area contributed by atoms with Crippen LogP contribution in [0.1, 0.15) is 39.2 Å². The van der Waals surface area contributed by atoms with Gasteiger partial charge in [0.05, 0.1) is 6.61 Å². The van der Waals surface area contributed by atoms with Crippen molar-refractivity contribution >= 4 is 17.7 Å². The average molecular weight is 252 g/mol. The molecule has 0 N–H and O–H groups in total. The first-order valence-electron chi connectivity index (χ1n) is 5.97. The second-order valence-electron chi connectivity index (χ2n) is 4.24. The van der Waals surface area contributed by atoms with Gasteiger partial charge in [-0.25, -0.2) is 0 Å². The summed E-state index contributed by atoms with van der Waals surface area (Å²) in [5.74, 6) is 0.391. The molecule has 1 unspecified atom stereocenters. The minimum atomic E-state index is -0.153. The minimum absolute atomic E-state index is 0.148. The molecule has 1 aromatic rings. The summed E-state index contributed by atoms with van der Waals surface area (Å²) in [5.41, 5.74) is 1.32. The molecule has 1 aromatic carbocycles. The van der Waals surface area contributed by atoms with Crippen LogP contribution in [-0.4, -0.2) is 17.8 Å². The lowest BCUT2D eigenvalue weighted by molar-refractivity contribution is -0.142. The molecule has 2 nitrogen and oxygen atoms in total. The Morgan fingerprint density at radius 2 is 1.82 bits per heavy atom. The summed E-state index contributed by atoms with van der Waals surface area (Å²) in [5, 5.41) is -0.153. The maximum atomic E-state index is 11.5. The number of rotatable bonds is 5. The van der Waals surface area contributed by atoms with Crippen molar-refractivity contribution in [2.75, 3.05) is 6.61 Å². The second kappa shape index (κ2) is 6.70. The van der Waals surface area contributed by atoms with E-state index in [9.17, 15) is 4.79 Å². The molecule has 0 heterocycles. The standard InChI is InChI=1S/C14H20O2S/c1-5-16-14(15)11(4)17-13-8-6-12(7-9-13)10(2)3/h6-11H,5H2,1-4H3. The van der Waals surface area contributed by atoms with E-state index in [1.165, 1.54) is 17.3 Å². The van der Waals surface area contributed by atoms with Crippen LogP contribution in [0.4, 0.5) is 0 Å². The lowest BCUT2D eigenvalue weighted by atomic mass is 10.0. The van der Waals surface area contributed by atoms with E-state index in [1.54, 1.807) is 0 Å². The number of ether oxygens (including phenoxy) is 1. The highest BCUT2D eigenvalue weighted by Gasteiger charge is 2.15. The SMILES string of the molecule is CCOC(=O)C(C)Sc1ccc(C(C)C)cc1. The number of hydrogen-bond donors (Lipinski definition) is 0. The second-order valence-corrected chi connectivity index (χ2v) is 5.65. The third-order valence-electron chi connectivity index (χ3n) is 2.48. The Morgan fingerprint density at radius 1 is 1.24 bits per heavy atom. The fourth-order valence-electron chi connectivity index (χ4n) is 1.44. The van der Waals surface area contributed by atoms with Crippen molar-refractivity contribution < 1.29 is 9.53 Å². The molecule has 0 bridgehead atoms. The summed E-state index contributed by atoms with van der Waals surface area (Å²) in [6.45, 7) is 8.48. The van der Waals surface area contributed by atoms with Crippen LogP contribution in [0.3, 0.4) is 0 Å². The van der Waals surface area contributed by atoms with E-state index in [-0.39, 0.29) is 11.2 Å². The first kappa shape index (κ1) is 14.1. The van der Waals surface area contributed by atoms with Gasteiger partial charge in [-0.3, -0.25) is 4.79 Å². The first-order valence-corrected chi connectivity index (χ1v) is 6.85. The molecule has 1 atom stereocenters. The molecule has 1 rings (SSSR count). The molecule has 0 spiro atoms. The molecule has 17 heavy (non-hydrogen) atoms. The highest BCUT2D eigenvalue weighted by Crippen LogP contribution is 2.25. The van der Waals surface area contributed by atoms with Crippen LogP contribution >= 0.6 is 11.8 Å². The average Bonchev–Trinajstić information content (AvgIpc) is 2.30. The summed E-state index contributed by atoms with van der Waals surface area (Å²) in [6.07, 6.45) is 0. The molecule has 94 valence electrons. The van der Waals surface area contributed by atoms with Crippen molar-refractivity contribution in [2.24, 2.45) is 0 Å². The fraction of sp³-hybridized carbons (Fsp3) is 0.500. The molecule has 0 saturated carbocycles. The topological polar surface area (TPSA) is 26.3 Å². The van der Waals surface area contributed by atoms with E-state index in [1.807, 2.05) is 13.8 Å². The molecule has 0 amide bonds. The summed E-state index contributed by atoms with van der Waals surface area (Å²) in [6, 6.07) is 8.36. The smallest absolute Gasteiger partial charge is 0.319 e. The third kappa shape index (κ3) is 4.43. The Kier molecular flexibility index (Phi) is 5.56. The molecule has 0 radical (unpaired) electrons. The zero-order valence-corrected chi connectivity index (χ0v) is 11.7. The molecule has 0 aliphatic carbocycles. The minimum Gasteiger partial charge on any atom is -0.465 e. The number of benzene rings is 1. The Morgan fingerprint density at radius 3 is 2.29 bits per heavy atom. The molecule has 0 saturated heterocycles. The van der Waals surface area contributed by atoms with E-state index in [0.29, 0.717) is 12.5 Å². The molecular formula is C14H20O2S. The van der Waals surface area contributed by atoms with Gasteiger partial charge in [0.25, 0.3) is 0 Å². The summed E-state index contributed by atoms with van der Waals surface area (Å²) in [7, 11) is 0. The summed E-state index contributed by atoms with van der Waals surface area (Å²) < 4.78 is 4.98.